The molecule has 2 N–H and O–H groups in total. The van der Waals surface area contributed by atoms with Gasteiger partial charge in [-0.3, -0.25) is 9.59 Å². The van der Waals surface area contributed by atoms with Gasteiger partial charge < -0.3 is 19.6 Å². The average Bonchev–Trinajstić information content (AvgIpc) is 3.10. The van der Waals surface area contributed by atoms with E-state index in [1.807, 2.05) is 13.8 Å². The summed E-state index contributed by atoms with van der Waals surface area (Å²) in [6.45, 7) is 5.38. The Bertz CT molecular complexity index is 1030. The zero-order valence-electron chi connectivity index (χ0n) is 17.0. The monoisotopic (exact) mass is 395 g/mol. The summed E-state index contributed by atoms with van der Waals surface area (Å²) in [5, 5.41) is 12.7. The van der Waals surface area contributed by atoms with Crippen molar-refractivity contribution >= 4 is 22.7 Å². The van der Waals surface area contributed by atoms with E-state index in [-0.39, 0.29) is 24.3 Å². The second-order valence-electron chi connectivity index (χ2n) is 7.27. The van der Waals surface area contributed by atoms with Crippen molar-refractivity contribution in [1.82, 2.24) is 5.32 Å². The number of carbonyl (C=O) groups excluding carboxylic acids is 2. The van der Waals surface area contributed by atoms with Crippen molar-refractivity contribution in [2.24, 2.45) is 0 Å². The number of methoxy groups -OCH3 is 1. The van der Waals surface area contributed by atoms with Crippen LogP contribution in [0.5, 0.6) is 5.75 Å². The summed E-state index contributed by atoms with van der Waals surface area (Å²) in [6, 6.07) is 11.9. The van der Waals surface area contributed by atoms with E-state index in [9.17, 15) is 14.7 Å². The van der Waals surface area contributed by atoms with Crippen LogP contribution in [-0.4, -0.2) is 29.9 Å². The van der Waals surface area contributed by atoms with Crippen LogP contribution in [0.25, 0.3) is 11.0 Å². The van der Waals surface area contributed by atoms with Gasteiger partial charge >= 0.3 is 0 Å². The number of ketones is 1. The van der Waals surface area contributed by atoms with Crippen LogP contribution >= 0.6 is 0 Å². The topological polar surface area (TPSA) is 88.8 Å². The van der Waals surface area contributed by atoms with Gasteiger partial charge in [-0.05, 0) is 44.5 Å². The lowest BCUT2D eigenvalue weighted by atomic mass is 9.94. The molecule has 0 aliphatic carbocycles. The van der Waals surface area contributed by atoms with Gasteiger partial charge in [0.25, 0.3) is 0 Å². The second-order valence-corrected chi connectivity index (χ2v) is 7.27. The molecule has 1 atom stereocenters. The van der Waals surface area contributed by atoms with E-state index in [2.05, 4.69) is 5.32 Å². The Morgan fingerprint density at radius 3 is 2.38 bits per heavy atom. The van der Waals surface area contributed by atoms with Crippen LogP contribution in [-0.2, 0) is 11.4 Å². The quantitative estimate of drug-likeness (QED) is 0.594. The molecule has 6 heteroatoms. The fourth-order valence-corrected chi connectivity index (χ4v) is 3.20. The summed E-state index contributed by atoms with van der Waals surface area (Å²) in [4.78, 5) is 26.0. The van der Waals surface area contributed by atoms with Gasteiger partial charge in [0.15, 0.2) is 5.78 Å². The standard InChI is InChI=1S/C23H25NO5/c1-13(2)24-23(27)14(3)22-20(18-11-17(28-4)9-10-19(18)29-22)21(26)16-7-5-15(12-25)6-8-16/h5-11,13-14,25H,12H2,1-4H3,(H,24,27). The Morgan fingerprint density at radius 1 is 1.10 bits per heavy atom. The maximum atomic E-state index is 13.4. The maximum Gasteiger partial charge on any atom is 0.230 e. The fourth-order valence-electron chi connectivity index (χ4n) is 3.20. The minimum Gasteiger partial charge on any atom is -0.497 e. The van der Waals surface area contributed by atoms with E-state index >= 15 is 0 Å². The largest absolute Gasteiger partial charge is 0.497 e. The lowest BCUT2D eigenvalue weighted by Crippen LogP contribution is -2.33. The molecule has 0 saturated carbocycles. The molecule has 0 aliphatic heterocycles. The number of carbonyl (C=O) groups is 2. The second kappa shape index (κ2) is 8.49. The van der Waals surface area contributed by atoms with Crippen LogP contribution in [0, 0.1) is 0 Å². The molecule has 3 aromatic rings. The molecule has 152 valence electrons. The molecule has 0 aliphatic rings. The summed E-state index contributed by atoms with van der Waals surface area (Å²) in [6.07, 6.45) is 0. The summed E-state index contributed by atoms with van der Waals surface area (Å²) in [5.41, 5.74) is 2.03. The van der Waals surface area contributed by atoms with Gasteiger partial charge in [-0.15, -0.1) is 0 Å². The number of benzene rings is 2. The third-order valence-corrected chi connectivity index (χ3v) is 4.77. The summed E-state index contributed by atoms with van der Waals surface area (Å²) in [7, 11) is 1.55. The first kappa shape index (κ1) is 20.6. The number of aliphatic hydroxyl groups excluding tert-OH is 1. The molecular formula is C23H25NO5. The fraction of sp³-hybridized carbons (Fsp3) is 0.304. The number of furan rings is 1. The SMILES string of the molecule is COc1ccc2oc(C(C)C(=O)NC(C)C)c(C(=O)c3ccc(CO)cc3)c2c1. The Hall–Kier alpha value is -3.12. The highest BCUT2D eigenvalue weighted by Crippen LogP contribution is 2.35. The smallest absolute Gasteiger partial charge is 0.230 e. The number of fused-ring (bicyclic) bond motifs is 1. The molecule has 1 amide bonds. The average molecular weight is 395 g/mol. The van der Waals surface area contributed by atoms with Gasteiger partial charge in [0.05, 0.1) is 25.2 Å². The van der Waals surface area contributed by atoms with Crippen molar-refractivity contribution in [3.8, 4) is 5.75 Å². The molecular weight excluding hydrogens is 370 g/mol. The van der Waals surface area contributed by atoms with E-state index in [1.54, 1.807) is 56.5 Å². The highest BCUT2D eigenvalue weighted by molar-refractivity contribution is 6.17. The Kier molecular flexibility index (Phi) is 6.03. The van der Waals surface area contributed by atoms with Gasteiger partial charge in [-0.1, -0.05) is 24.3 Å². The van der Waals surface area contributed by atoms with Crippen LogP contribution in [0.15, 0.2) is 46.9 Å². The lowest BCUT2D eigenvalue weighted by molar-refractivity contribution is -0.123. The number of ether oxygens (including phenoxy) is 1. The van der Waals surface area contributed by atoms with Crippen molar-refractivity contribution < 1.29 is 23.8 Å². The first-order chi connectivity index (χ1) is 13.8. The van der Waals surface area contributed by atoms with Crippen LogP contribution in [0.2, 0.25) is 0 Å². The lowest BCUT2D eigenvalue weighted by Gasteiger charge is -2.14. The Labute approximate surface area is 169 Å². The molecule has 0 bridgehead atoms. The van der Waals surface area contributed by atoms with Crippen molar-refractivity contribution in [3.05, 3.63) is 64.9 Å². The summed E-state index contributed by atoms with van der Waals surface area (Å²) in [5.74, 6) is -0.195. The maximum absolute atomic E-state index is 13.4. The number of hydrogen-bond acceptors (Lipinski definition) is 5. The van der Waals surface area contributed by atoms with E-state index in [0.29, 0.717) is 39.2 Å². The Balaban J connectivity index is 2.15. The van der Waals surface area contributed by atoms with Crippen molar-refractivity contribution in [1.29, 1.82) is 0 Å². The molecule has 0 spiro atoms. The normalized spacial score (nSPS) is 12.2. The summed E-state index contributed by atoms with van der Waals surface area (Å²) >= 11 is 0. The number of nitrogens with one attached hydrogen (secondary N) is 1. The molecule has 0 saturated heterocycles. The third-order valence-electron chi connectivity index (χ3n) is 4.77. The van der Waals surface area contributed by atoms with E-state index in [0.717, 1.165) is 0 Å². The van der Waals surface area contributed by atoms with Crippen molar-refractivity contribution in [3.63, 3.8) is 0 Å². The zero-order chi connectivity index (χ0) is 21.1. The number of aliphatic hydroxyl groups is 1. The molecule has 6 nitrogen and oxygen atoms in total. The van der Waals surface area contributed by atoms with Crippen molar-refractivity contribution in [2.45, 2.75) is 39.3 Å². The predicted octanol–water partition coefficient (Wildman–Crippen LogP) is 3.79. The van der Waals surface area contributed by atoms with Crippen LogP contribution in [0.4, 0.5) is 0 Å². The van der Waals surface area contributed by atoms with Gasteiger partial charge in [0, 0.05) is 17.0 Å². The number of rotatable bonds is 7. The molecule has 1 aromatic heterocycles. The molecule has 0 fully saturated rings. The van der Waals surface area contributed by atoms with Crippen molar-refractivity contribution in [2.75, 3.05) is 7.11 Å². The van der Waals surface area contributed by atoms with E-state index in [4.69, 9.17) is 9.15 Å². The Morgan fingerprint density at radius 2 is 1.79 bits per heavy atom. The molecule has 1 unspecified atom stereocenters. The number of hydrogen-bond donors (Lipinski definition) is 2. The first-order valence-corrected chi connectivity index (χ1v) is 9.51. The van der Waals surface area contributed by atoms with E-state index < -0.39 is 5.92 Å². The highest BCUT2D eigenvalue weighted by atomic mass is 16.5. The molecule has 0 radical (unpaired) electrons. The van der Waals surface area contributed by atoms with Gasteiger partial charge in [-0.25, -0.2) is 0 Å². The zero-order valence-corrected chi connectivity index (χ0v) is 17.0. The number of amides is 1. The highest BCUT2D eigenvalue weighted by Gasteiger charge is 2.29. The summed E-state index contributed by atoms with van der Waals surface area (Å²) < 4.78 is 11.3. The van der Waals surface area contributed by atoms with Gasteiger partial charge in [0.1, 0.15) is 17.1 Å². The van der Waals surface area contributed by atoms with Gasteiger partial charge in [-0.2, -0.15) is 0 Å². The molecule has 1 heterocycles. The molecule has 3 rings (SSSR count). The molecule has 29 heavy (non-hydrogen) atoms. The molecule has 2 aromatic carbocycles. The first-order valence-electron chi connectivity index (χ1n) is 9.51. The van der Waals surface area contributed by atoms with Crippen LogP contribution < -0.4 is 10.1 Å². The minimum absolute atomic E-state index is 0.0281. The van der Waals surface area contributed by atoms with E-state index in [1.165, 1.54) is 0 Å². The third kappa shape index (κ3) is 4.17. The van der Waals surface area contributed by atoms with Gasteiger partial charge in [0.2, 0.25) is 5.91 Å². The van der Waals surface area contributed by atoms with Crippen LogP contribution in [0.1, 0.15) is 53.9 Å². The predicted molar refractivity (Wildman–Crippen MR) is 110 cm³/mol. The van der Waals surface area contributed by atoms with Crippen LogP contribution in [0.3, 0.4) is 0 Å². The minimum atomic E-state index is -0.647.